The molecule has 0 spiro atoms. The minimum absolute atomic E-state index is 0.0904. The Kier molecular flexibility index (Phi) is 32.6. The summed E-state index contributed by atoms with van der Waals surface area (Å²) < 4.78 is 26.4. The number of carbonyl (C=O) groups excluding carboxylic acids is 2. The van der Waals surface area contributed by atoms with Crippen molar-refractivity contribution in [3.05, 3.63) is 36.5 Å². The molecular formula is C45H81O11P. The van der Waals surface area contributed by atoms with E-state index in [-0.39, 0.29) is 31.3 Å². The fraction of sp³-hybridized carbons (Fsp3) is 0.822. The molecule has 1 aliphatic carbocycles. The van der Waals surface area contributed by atoms with E-state index in [1.165, 1.54) is 83.5 Å². The summed E-state index contributed by atoms with van der Waals surface area (Å²) in [5.74, 6) is -1.48. The molecule has 12 heteroatoms. The van der Waals surface area contributed by atoms with Crippen LogP contribution in [0.25, 0.3) is 0 Å². The van der Waals surface area contributed by atoms with Crippen molar-refractivity contribution < 1.29 is 53.3 Å². The summed E-state index contributed by atoms with van der Waals surface area (Å²) in [7, 11) is -4.82. The number of aliphatic hydroxyl groups is 3. The monoisotopic (exact) mass is 829 g/mol. The topological polar surface area (TPSA) is 180 Å². The van der Waals surface area contributed by atoms with E-state index in [1.807, 2.05) is 18.2 Å². The van der Waals surface area contributed by atoms with Crippen molar-refractivity contribution in [3.63, 3.8) is 0 Å². The molecule has 332 valence electrons. The highest BCUT2D eigenvalue weighted by Gasteiger charge is 2.39. The maximum atomic E-state index is 12.5. The Morgan fingerprint density at radius 3 is 1.81 bits per heavy atom. The van der Waals surface area contributed by atoms with E-state index < -0.39 is 50.8 Å². The zero-order valence-electron chi connectivity index (χ0n) is 35.6. The highest BCUT2D eigenvalue weighted by atomic mass is 31.2. The van der Waals surface area contributed by atoms with Crippen LogP contribution in [0, 0.1) is 11.8 Å². The lowest BCUT2D eigenvalue weighted by Crippen LogP contribution is -2.29. The third kappa shape index (κ3) is 30.8. The van der Waals surface area contributed by atoms with Crippen LogP contribution >= 0.6 is 7.82 Å². The van der Waals surface area contributed by atoms with Crippen LogP contribution in [-0.4, -0.2) is 74.7 Å². The van der Waals surface area contributed by atoms with Crippen molar-refractivity contribution in [2.24, 2.45) is 11.8 Å². The standard InChI is InChI=1S/C45H81O11P/c1-3-5-7-8-9-10-11-12-13-14-15-16-17-18-19-20-21-22-28-32-45(50)56-39(37-55-57(51,52)53)36-54-44(49)31-27-24-23-26-30-40-41(43(48)35-42(40)47)34-33-38(46)29-25-6-4-2/h12-13,23,26,33-34,38-43,46-48H,3-11,14-22,24-25,27-32,35-37H2,1-2H3,(H2,51,52,53)/b13-12-,26-23+,34-33+/t38-,39+,40+,41+,42-,43+/m0/s1. The van der Waals surface area contributed by atoms with Crippen LogP contribution in [0.5, 0.6) is 0 Å². The van der Waals surface area contributed by atoms with Gasteiger partial charge in [-0.15, -0.1) is 0 Å². The summed E-state index contributed by atoms with van der Waals surface area (Å²) in [5.41, 5.74) is 0. The van der Waals surface area contributed by atoms with E-state index >= 15 is 0 Å². The Morgan fingerprint density at radius 1 is 0.667 bits per heavy atom. The molecule has 0 bridgehead atoms. The zero-order chi connectivity index (χ0) is 42.0. The Bertz CT molecular complexity index is 1140. The minimum Gasteiger partial charge on any atom is -0.462 e. The number of hydrogen-bond acceptors (Lipinski definition) is 9. The normalized spacial score (nSPS) is 19.9. The van der Waals surface area contributed by atoms with Gasteiger partial charge in [-0.3, -0.25) is 14.1 Å². The molecule has 5 N–H and O–H groups in total. The summed E-state index contributed by atoms with van der Waals surface area (Å²) in [5, 5.41) is 31.2. The van der Waals surface area contributed by atoms with Crippen LogP contribution in [-0.2, 0) is 28.2 Å². The van der Waals surface area contributed by atoms with Gasteiger partial charge in [-0.25, -0.2) is 4.57 Å². The number of phosphoric acid groups is 1. The van der Waals surface area contributed by atoms with Crippen molar-refractivity contribution >= 4 is 19.8 Å². The Labute approximate surface area is 345 Å². The zero-order valence-corrected chi connectivity index (χ0v) is 36.5. The molecule has 0 radical (unpaired) electrons. The molecule has 1 rings (SSSR count). The number of aliphatic hydroxyl groups excluding tert-OH is 3. The van der Waals surface area contributed by atoms with E-state index in [0.717, 1.165) is 38.5 Å². The number of allylic oxidation sites excluding steroid dienone is 4. The van der Waals surface area contributed by atoms with E-state index in [0.29, 0.717) is 38.5 Å². The van der Waals surface area contributed by atoms with Gasteiger partial charge < -0.3 is 34.6 Å². The number of carbonyl (C=O) groups is 2. The van der Waals surface area contributed by atoms with Crippen molar-refractivity contribution in [1.29, 1.82) is 0 Å². The molecule has 0 aromatic rings. The maximum Gasteiger partial charge on any atom is 0.469 e. The predicted octanol–water partition coefficient (Wildman–Crippen LogP) is 10.1. The number of phosphoric ester groups is 1. The first-order valence-electron chi connectivity index (χ1n) is 22.5. The van der Waals surface area contributed by atoms with Gasteiger partial charge in [-0.1, -0.05) is 147 Å². The maximum absolute atomic E-state index is 12.5. The van der Waals surface area contributed by atoms with E-state index in [1.54, 1.807) is 6.08 Å². The van der Waals surface area contributed by atoms with Crippen molar-refractivity contribution in [2.45, 2.75) is 212 Å². The molecule has 1 saturated carbocycles. The number of rotatable bonds is 37. The third-order valence-corrected chi connectivity index (χ3v) is 11.2. The fourth-order valence-corrected chi connectivity index (χ4v) is 7.61. The van der Waals surface area contributed by atoms with Gasteiger partial charge in [-0.2, -0.15) is 0 Å². The predicted molar refractivity (Wildman–Crippen MR) is 227 cm³/mol. The number of hydrogen-bond donors (Lipinski definition) is 5. The van der Waals surface area contributed by atoms with E-state index in [2.05, 4.69) is 30.5 Å². The molecule has 0 aromatic carbocycles. The summed E-state index contributed by atoms with van der Waals surface area (Å²) in [4.78, 5) is 43.1. The molecular weight excluding hydrogens is 747 g/mol. The average Bonchev–Trinajstić information content (AvgIpc) is 3.44. The van der Waals surface area contributed by atoms with Crippen LogP contribution in [0.1, 0.15) is 187 Å². The van der Waals surface area contributed by atoms with Crippen LogP contribution in [0.15, 0.2) is 36.5 Å². The summed E-state index contributed by atoms with van der Waals surface area (Å²) in [6, 6.07) is 0. The molecule has 0 aromatic heterocycles. The van der Waals surface area contributed by atoms with Crippen LogP contribution in [0.3, 0.4) is 0 Å². The minimum atomic E-state index is -4.82. The average molecular weight is 829 g/mol. The summed E-state index contributed by atoms with van der Waals surface area (Å²) in [6.07, 6.45) is 35.3. The van der Waals surface area contributed by atoms with E-state index in [9.17, 15) is 29.5 Å². The lowest BCUT2D eigenvalue weighted by molar-refractivity contribution is -0.161. The van der Waals surface area contributed by atoms with E-state index in [4.69, 9.17) is 19.3 Å². The van der Waals surface area contributed by atoms with Gasteiger partial charge in [0.1, 0.15) is 6.61 Å². The second kappa shape index (κ2) is 35.0. The lowest BCUT2D eigenvalue weighted by atomic mass is 9.89. The molecule has 0 amide bonds. The Morgan fingerprint density at radius 2 is 1.19 bits per heavy atom. The molecule has 1 fully saturated rings. The molecule has 0 saturated heterocycles. The van der Waals surface area contributed by atoms with Crippen LogP contribution < -0.4 is 0 Å². The Balaban J connectivity index is 2.24. The molecule has 1 aliphatic rings. The first-order chi connectivity index (χ1) is 27.5. The molecule has 0 unspecified atom stereocenters. The molecule has 11 nitrogen and oxygen atoms in total. The molecule has 57 heavy (non-hydrogen) atoms. The Hall–Kier alpha value is -1.85. The highest BCUT2D eigenvalue weighted by Crippen LogP contribution is 2.37. The quantitative estimate of drug-likeness (QED) is 0.0174. The second-order valence-corrected chi connectivity index (χ2v) is 17.2. The SMILES string of the molecule is CCCCCCCC/C=C\CCCCCCCCCCCC(=O)O[C@H](COC(=O)CCC/C=C/C[C@@H]1[C@@H](/C=C/[C@@H](O)CCCCC)[C@H](O)C[C@@H]1O)COP(=O)(O)O. The number of esters is 2. The molecule has 0 heterocycles. The highest BCUT2D eigenvalue weighted by molar-refractivity contribution is 7.46. The van der Waals surface area contributed by atoms with Crippen molar-refractivity contribution in [2.75, 3.05) is 13.2 Å². The van der Waals surface area contributed by atoms with Gasteiger partial charge in [0.05, 0.1) is 24.9 Å². The lowest BCUT2D eigenvalue weighted by Gasteiger charge is -2.19. The van der Waals surface area contributed by atoms with Crippen LogP contribution in [0.4, 0.5) is 0 Å². The first-order valence-corrected chi connectivity index (χ1v) is 24.1. The number of unbranched alkanes of at least 4 members (excludes halogenated alkanes) is 18. The molecule has 0 aliphatic heterocycles. The molecule has 6 atom stereocenters. The van der Waals surface area contributed by atoms with Gasteiger partial charge in [0.15, 0.2) is 6.10 Å². The summed E-state index contributed by atoms with van der Waals surface area (Å²) in [6.45, 7) is 3.39. The fourth-order valence-electron chi connectivity index (χ4n) is 7.24. The largest absolute Gasteiger partial charge is 0.469 e. The number of ether oxygens (including phenoxy) is 2. The van der Waals surface area contributed by atoms with Gasteiger partial charge >= 0.3 is 19.8 Å². The summed E-state index contributed by atoms with van der Waals surface area (Å²) >= 11 is 0. The van der Waals surface area contributed by atoms with Crippen LogP contribution in [0.2, 0.25) is 0 Å². The third-order valence-electron chi connectivity index (χ3n) is 10.7. The first kappa shape index (κ1) is 53.2. The van der Waals surface area contributed by atoms with Crippen molar-refractivity contribution in [1.82, 2.24) is 0 Å². The van der Waals surface area contributed by atoms with Gasteiger partial charge in [-0.05, 0) is 63.7 Å². The van der Waals surface area contributed by atoms with Gasteiger partial charge in [0, 0.05) is 25.2 Å². The van der Waals surface area contributed by atoms with Crippen molar-refractivity contribution in [3.8, 4) is 0 Å². The second-order valence-electron chi connectivity index (χ2n) is 16.0. The van der Waals surface area contributed by atoms with Gasteiger partial charge in [0.25, 0.3) is 0 Å². The van der Waals surface area contributed by atoms with Gasteiger partial charge in [0.2, 0.25) is 0 Å². The smallest absolute Gasteiger partial charge is 0.462 e.